The van der Waals surface area contributed by atoms with Crippen molar-refractivity contribution in [2.75, 3.05) is 13.7 Å². The van der Waals surface area contributed by atoms with E-state index in [9.17, 15) is 9.90 Å². The van der Waals surface area contributed by atoms with Crippen molar-refractivity contribution >= 4 is 40.9 Å². The molecule has 1 aromatic heterocycles. The summed E-state index contributed by atoms with van der Waals surface area (Å²) in [5.41, 5.74) is 1.16. The number of hydrogen-bond acceptors (Lipinski definition) is 6. The summed E-state index contributed by atoms with van der Waals surface area (Å²) in [6.45, 7) is 7.98. The summed E-state index contributed by atoms with van der Waals surface area (Å²) in [4.78, 5) is 12.3. The number of carbonyl (C=O) groups excluding carboxylic acids is 1. The van der Waals surface area contributed by atoms with Gasteiger partial charge in [-0.1, -0.05) is 25.4 Å². The zero-order chi connectivity index (χ0) is 18.0. The van der Waals surface area contributed by atoms with Gasteiger partial charge >= 0.3 is 5.97 Å². The average molecular weight is 392 g/mol. The number of fused-ring (bicyclic) bond motifs is 1. The van der Waals surface area contributed by atoms with E-state index in [0.29, 0.717) is 23.5 Å². The number of phenolic OH excluding ortho intramolecular Hbond substituents is 1. The predicted molar refractivity (Wildman–Crippen MR) is 99.4 cm³/mol. The van der Waals surface area contributed by atoms with E-state index >= 15 is 0 Å². The van der Waals surface area contributed by atoms with Crippen LogP contribution in [-0.2, 0) is 11.3 Å². The van der Waals surface area contributed by atoms with Gasteiger partial charge in [-0.15, -0.1) is 12.4 Å². The maximum Gasteiger partial charge on any atom is 0.342 e. The Kier molecular flexibility index (Phi) is 7.41. The van der Waals surface area contributed by atoms with E-state index in [1.807, 2.05) is 13.8 Å². The second kappa shape index (κ2) is 8.65. The highest BCUT2D eigenvalue weighted by Gasteiger charge is 2.29. The smallest absolute Gasteiger partial charge is 0.342 e. The van der Waals surface area contributed by atoms with E-state index in [0.717, 1.165) is 0 Å². The minimum absolute atomic E-state index is 0. The number of carbonyl (C=O) groups is 1. The highest BCUT2D eigenvalue weighted by atomic mass is 35.5. The third-order valence-electron chi connectivity index (χ3n) is 3.65. The number of aryl methyl sites for hydroxylation is 1. The number of aromatic hydroxyl groups is 1. The molecule has 1 aromatic carbocycles. The molecule has 0 fully saturated rings. The lowest BCUT2D eigenvalue weighted by atomic mass is 10.0. The summed E-state index contributed by atoms with van der Waals surface area (Å²) in [5, 5.41) is 14.3. The molecule has 0 spiro atoms. The van der Waals surface area contributed by atoms with Crippen LogP contribution in [0.1, 0.15) is 42.5 Å². The molecule has 0 aliphatic rings. The van der Waals surface area contributed by atoms with Gasteiger partial charge in [0.1, 0.15) is 16.9 Å². The minimum atomic E-state index is -0.559. The van der Waals surface area contributed by atoms with E-state index in [1.165, 1.54) is 7.11 Å². The largest absolute Gasteiger partial charge is 0.504 e. The molecular formula is C17H23Cl2NO5. The van der Waals surface area contributed by atoms with Crippen LogP contribution in [0.3, 0.4) is 0 Å². The predicted octanol–water partition coefficient (Wildman–Crippen LogP) is 4.21. The molecule has 1 heterocycles. The molecular weight excluding hydrogens is 369 g/mol. The number of halogens is 2. The quantitative estimate of drug-likeness (QED) is 0.717. The summed E-state index contributed by atoms with van der Waals surface area (Å²) in [7, 11) is 1.41. The SMILES string of the molecule is CCOC(=O)c1c(C)oc2c(CNC(C)C)c(Cl)c(OC)c(O)c12.Cl. The van der Waals surface area contributed by atoms with Gasteiger partial charge in [0.2, 0.25) is 0 Å². The highest BCUT2D eigenvalue weighted by Crippen LogP contribution is 2.47. The van der Waals surface area contributed by atoms with Crippen LogP contribution in [0.25, 0.3) is 11.0 Å². The monoisotopic (exact) mass is 391 g/mol. The second-order valence-electron chi connectivity index (χ2n) is 5.67. The Balaban J connectivity index is 0.00000312. The zero-order valence-corrected chi connectivity index (χ0v) is 16.4. The number of esters is 1. The Morgan fingerprint density at radius 1 is 1.40 bits per heavy atom. The van der Waals surface area contributed by atoms with Crippen LogP contribution < -0.4 is 10.1 Å². The zero-order valence-electron chi connectivity index (χ0n) is 14.9. The molecule has 0 amide bonds. The van der Waals surface area contributed by atoms with Gasteiger partial charge in [0.15, 0.2) is 11.5 Å². The molecule has 2 rings (SSSR count). The van der Waals surface area contributed by atoms with Crippen LogP contribution in [0.5, 0.6) is 11.5 Å². The Hall–Kier alpha value is -1.63. The first kappa shape index (κ1) is 21.4. The molecule has 140 valence electrons. The lowest BCUT2D eigenvalue weighted by molar-refractivity contribution is 0.0526. The number of phenols is 1. The van der Waals surface area contributed by atoms with Gasteiger partial charge < -0.3 is 24.3 Å². The fraction of sp³-hybridized carbons (Fsp3) is 0.471. The van der Waals surface area contributed by atoms with Crippen LogP contribution in [0, 0.1) is 6.92 Å². The Morgan fingerprint density at radius 2 is 2.04 bits per heavy atom. The molecule has 0 atom stereocenters. The van der Waals surface area contributed by atoms with Crippen LogP contribution in [0.4, 0.5) is 0 Å². The van der Waals surface area contributed by atoms with E-state index in [-0.39, 0.29) is 52.5 Å². The van der Waals surface area contributed by atoms with Crippen LogP contribution >= 0.6 is 24.0 Å². The molecule has 25 heavy (non-hydrogen) atoms. The molecule has 2 aromatic rings. The van der Waals surface area contributed by atoms with Crippen molar-refractivity contribution in [2.45, 2.75) is 40.3 Å². The van der Waals surface area contributed by atoms with Crippen LogP contribution in [0.15, 0.2) is 4.42 Å². The number of ether oxygens (including phenoxy) is 2. The number of methoxy groups -OCH3 is 1. The first-order valence-corrected chi connectivity index (χ1v) is 8.12. The Bertz CT molecular complexity index is 770. The van der Waals surface area contributed by atoms with E-state index in [1.54, 1.807) is 13.8 Å². The number of furan rings is 1. The third kappa shape index (κ3) is 3.97. The van der Waals surface area contributed by atoms with Gasteiger partial charge in [0, 0.05) is 18.2 Å². The van der Waals surface area contributed by atoms with Crippen molar-refractivity contribution < 1.29 is 23.8 Å². The van der Waals surface area contributed by atoms with Gasteiger partial charge in [0.25, 0.3) is 0 Å². The van der Waals surface area contributed by atoms with E-state index in [4.69, 9.17) is 25.5 Å². The first-order valence-electron chi connectivity index (χ1n) is 7.74. The van der Waals surface area contributed by atoms with Crippen molar-refractivity contribution in [1.29, 1.82) is 0 Å². The lowest BCUT2D eigenvalue weighted by Gasteiger charge is -2.14. The number of rotatable bonds is 6. The van der Waals surface area contributed by atoms with Crippen LogP contribution in [-0.4, -0.2) is 30.8 Å². The molecule has 0 aliphatic heterocycles. The van der Waals surface area contributed by atoms with Gasteiger partial charge in [-0.05, 0) is 13.8 Å². The number of benzene rings is 1. The van der Waals surface area contributed by atoms with E-state index < -0.39 is 5.97 Å². The Labute approximate surface area is 157 Å². The van der Waals surface area contributed by atoms with Crippen molar-refractivity contribution in [3.05, 3.63) is 21.9 Å². The second-order valence-corrected chi connectivity index (χ2v) is 6.05. The van der Waals surface area contributed by atoms with Crippen molar-refractivity contribution in [1.82, 2.24) is 5.32 Å². The Morgan fingerprint density at radius 3 is 2.56 bits per heavy atom. The third-order valence-corrected chi connectivity index (χ3v) is 4.05. The normalized spacial score (nSPS) is 10.8. The number of hydrogen-bond donors (Lipinski definition) is 2. The van der Waals surface area contributed by atoms with Crippen LogP contribution in [0.2, 0.25) is 5.02 Å². The van der Waals surface area contributed by atoms with Gasteiger partial charge in [0.05, 0.1) is 24.1 Å². The van der Waals surface area contributed by atoms with Gasteiger partial charge in [-0.2, -0.15) is 0 Å². The molecule has 8 heteroatoms. The molecule has 6 nitrogen and oxygen atoms in total. The summed E-state index contributed by atoms with van der Waals surface area (Å²) in [6.07, 6.45) is 0. The first-order chi connectivity index (χ1) is 11.3. The molecule has 0 radical (unpaired) electrons. The summed E-state index contributed by atoms with van der Waals surface area (Å²) in [6, 6.07) is 0.219. The summed E-state index contributed by atoms with van der Waals surface area (Å²) < 4.78 is 16.1. The fourth-order valence-corrected chi connectivity index (χ4v) is 2.86. The fourth-order valence-electron chi connectivity index (χ4n) is 2.54. The van der Waals surface area contributed by atoms with Gasteiger partial charge in [-0.3, -0.25) is 0 Å². The average Bonchev–Trinajstić information content (AvgIpc) is 2.85. The maximum atomic E-state index is 12.3. The lowest BCUT2D eigenvalue weighted by Crippen LogP contribution is -2.22. The molecule has 0 saturated carbocycles. The van der Waals surface area contributed by atoms with Gasteiger partial charge in [-0.25, -0.2) is 4.79 Å². The maximum absolute atomic E-state index is 12.3. The van der Waals surface area contributed by atoms with E-state index in [2.05, 4.69) is 5.32 Å². The molecule has 0 bridgehead atoms. The standard InChI is InChI=1S/C17H22ClNO5.ClH/c1-6-23-17(21)11-9(4)24-15-10(7-19-8(2)3)13(18)16(22-5)14(20)12(11)15;/h8,19-20H,6-7H2,1-5H3;1H. The molecule has 2 N–H and O–H groups in total. The number of nitrogens with one attached hydrogen (secondary N) is 1. The summed E-state index contributed by atoms with van der Waals surface area (Å²) >= 11 is 6.38. The van der Waals surface area contributed by atoms with Crippen molar-refractivity contribution in [3.8, 4) is 11.5 Å². The molecule has 0 unspecified atom stereocenters. The highest BCUT2D eigenvalue weighted by molar-refractivity contribution is 6.34. The topological polar surface area (TPSA) is 80.9 Å². The van der Waals surface area contributed by atoms with Crippen molar-refractivity contribution in [2.24, 2.45) is 0 Å². The summed E-state index contributed by atoms with van der Waals surface area (Å²) in [5.74, 6) is -0.327. The molecule has 0 aliphatic carbocycles. The minimum Gasteiger partial charge on any atom is -0.504 e. The molecule has 0 saturated heterocycles. The van der Waals surface area contributed by atoms with Crippen molar-refractivity contribution in [3.63, 3.8) is 0 Å².